The Morgan fingerprint density at radius 2 is 2.00 bits per heavy atom. The van der Waals surface area contributed by atoms with Gasteiger partial charge < -0.3 is 5.32 Å². The van der Waals surface area contributed by atoms with E-state index in [-0.39, 0.29) is 5.75 Å². The number of hydrogen-bond donors (Lipinski definition) is 1. The first-order valence-corrected chi connectivity index (χ1v) is 9.68. The van der Waals surface area contributed by atoms with Gasteiger partial charge in [-0.15, -0.1) is 0 Å². The summed E-state index contributed by atoms with van der Waals surface area (Å²) >= 11 is 3.57. The van der Waals surface area contributed by atoms with Crippen LogP contribution in [0.2, 0.25) is 0 Å². The van der Waals surface area contributed by atoms with Crippen molar-refractivity contribution in [3.63, 3.8) is 0 Å². The lowest BCUT2D eigenvalue weighted by atomic mass is 9.95. The number of sulfone groups is 1. The summed E-state index contributed by atoms with van der Waals surface area (Å²) in [5.41, 5.74) is 1.28. The van der Waals surface area contributed by atoms with Gasteiger partial charge in [-0.2, -0.15) is 0 Å². The summed E-state index contributed by atoms with van der Waals surface area (Å²) in [6.07, 6.45) is 2.64. The lowest BCUT2D eigenvalue weighted by Gasteiger charge is -2.17. The lowest BCUT2D eigenvalue weighted by Crippen LogP contribution is -2.22. The summed E-state index contributed by atoms with van der Waals surface area (Å²) < 4.78 is 24.2. The Kier molecular flexibility index (Phi) is 7.77. The van der Waals surface area contributed by atoms with Crippen molar-refractivity contribution < 1.29 is 8.42 Å². The largest absolute Gasteiger partial charge is 0.319 e. The number of hydrogen-bond acceptors (Lipinski definition) is 3. The van der Waals surface area contributed by atoms with Crippen LogP contribution in [0.5, 0.6) is 0 Å². The SMILES string of the molecule is CCS(=O)(=O)CCCC(CNC)Cc1ccccc1Br. The predicted octanol–water partition coefficient (Wildman–Crippen LogP) is 3.04. The topological polar surface area (TPSA) is 46.2 Å². The van der Waals surface area contributed by atoms with Crippen molar-refractivity contribution in [2.45, 2.75) is 26.2 Å². The molecule has 0 aliphatic rings. The van der Waals surface area contributed by atoms with E-state index in [4.69, 9.17) is 0 Å². The molecule has 1 atom stereocenters. The molecule has 114 valence electrons. The van der Waals surface area contributed by atoms with E-state index in [9.17, 15) is 8.42 Å². The van der Waals surface area contributed by atoms with Crippen LogP contribution in [0.4, 0.5) is 0 Å². The molecule has 0 spiro atoms. The van der Waals surface area contributed by atoms with Gasteiger partial charge in [0, 0.05) is 10.2 Å². The van der Waals surface area contributed by atoms with Gasteiger partial charge in [-0.25, -0.2) is 8.42 Å². The quantitative estimate of drug-likeness (QED) is 0.735. The molecule has 1 rings (SSSR count). The van der Waals surface area contributed by atoms with E-state index >= 15 is 0 Å². The molecular weight excluding hydrogens is 338 g/mol. The van der Waals surface area contributed by atoms with Gasteiger partial charge in [0.25, 0.3) is 0 Å². The highest BCUT2D eigenvalue weighted by atomic mass is 79.9. The standard InChI is InChI=1S/C15H24BrNO2S/c1-3-20(18,19)10-6-7-13(12-17-2)11-14-8-4-5-9-15(14)16/h4-5,8-9,13,17H,3,6-7,10-12H2,1-2H3. The molecule has 0 bridgehead atoms. The molecule has 0 saturated heterocycles. The number of rotatable bonds is 9. The van der Waals surface area contributed by atoms with Gasteiger partial charge in [0.05, 0.1) is 5.75 Å². The van der Waals surface area contributed by atoms with E-state index in [0.717, 1.165) is 30.3 Å². The first-order chi connectivity index (χ1) is 9.48. The highest BCUT2D eigenvalue weighted by Gasteiger charge is 2.13. The number of benzene rings is 1. The molecule has 0 radical (unpaired) electrons. The van der Waals surface area contributed by atoms with E-state index < -0.39 is 9.84 Å². The second kappa shape index (κ2) is 8.80. The molecule has 3 nitrogen and oxygen atoms in total. The lowest BCUT2D eigenvalue weighted by molar-refractivity contribution is 0.454. The Balaban J connectivity index is 2.55. The third-order valence-corrected chi connectivity index (χ3v) is 6.03. The maximum Gasteiger partial charge on any atom is 0.150 e. The summed E-state index contributed by atoms with van der Waals surface area (Å²) in [5.74, 6) is 1.01. The van der Waals surface area contributed by atoms with Crippen LogP contribution in [-0.4, -0.2) is 33.5 Å². The van der Waals surface area contributed by atoms with Crippen LogP contribution >= 0.6 is 15.9 Å². The average molecular weight is 362 g/mol. The van der Waals surface area contributed by atoms with Gasteiger partial charge in [0.2, 0.25) is 0 Å². The molecule has 0 saturated carbocycles. The minimum absolute atomic E-state index is 0.244. The maximum absolute atomic E-state index is 11.5. The zero-order valence-electron chi connectivity index (χ0n) is 12.2. The normalized spacial score (nSPS) is 13.3. The van der Waals surface area contributed by atoms with Crippen molar-refractivity contribution in [1.29, 1.82) is 0 Å². The molecule has 0 aliphatic carbocycles. The van der Waals surface area contributed by atoms with Crippen molar-refractivity contribution in [2.75, 3.05) is 25.1 Å². The Morgan fingerprint density at radius 1 is 1.30 bits per heavy atom. The zero-order valence-corrected chi connectivity index (χ0v) is 14.6. The fourth-order valence-electron chi connectivity index (χ4n) is 2.28. The van der Waals surface area contributed by atoms with Crippen LogP contribution < -0.4 is 5.32 Å². The molecule has 0 heterocycles. The zero-order chi connectivity index (χ0) is 15.0. The van der Waals surface area contributed by atoms with Gasteiger partial charge in [-0.3, -0.25) is 0 Å². The van der Waals surface area contributed by atoms with Crippen LogP contribution in [-0.2, 0) is 16.3 Å². The second-order valence-electron chi connectivity index (χ2n) is 5.10. The van der Waals surface area contributed by atoms with Crippen molar-refractivity contribution in [3.05, 3.63) is 34.3 Å². The van der Waals surface area contributed by atoms with Crippen LogP contribution in [0.25, 0.3) is 0 Å². The van der Waals surface area contributed by atoms with Crippen molar-refractivity contribution in [2.24, 2.45) is 5.92 Å². The molecule has 20 heavy (non-hydrogen) atoms. The van der Waals surface area contributed by atoms with Crippen molar-refractivity contribution in [1.82, 2.24) is 5.32 Å². The monoisotopic (exact) mass is 361 g/mol. The van der Waals surface area contributed by atoms with Gasteiger partial charge in [0.15, 0.2) is 0 Å². The Hall–Kier alpha value is -0.390. The summed E-state index contributed by atoms with van der Waals surface area (Å²) in [5, 5.41) is 3.20. The molecule has 0 amide bonds. The molecule has 1 aromatic carbocycles. The predicted molar refractivity (Wildman–Crippen MR) is 88.8 cm³/mol. The first-order valence-electron chi connectivity index (χ1n) is 7.07. The summed E-state index contributed by atoms with van der Waals surface area (Å²) in [6.45, 7) is 2.62. The van der Waals surface area contributed by atoms with Crippen molar-refractivity contribution >= 4 is 25.8 Å². The van der Waals surface area contributed by atoms with Gasteiger partial charge in [0.1, 0.15) is 9.84 Å². The third kappa shape index (κ3) is 6.37. The fourth-order valence-corrected chi connectivity index (χ4v) is 3.62. The third-order valence-electron chi connectivity index (χ3n) is 3.47. The minimum Gasteiger partial charge on any atom is -0.319 e. The molecular formula is C15H24BrNO2S. The highest BCUT2D eigenvalue weighted by Crippen LogP contribution is 2.21. The van der Waals surface area contributed by atoms with E-state index in [1.807, 2.05) is 25.2 Å². The average Bonchev–Trinajstić information content (AvgIpc) is 2.41. The van der Waals surface area contributed by atoms with Crippen LogP contribution in [0.3, 0.4) is 0 Å². The van der Waals surface area contributed by atoms with Gasteiger partial charge in [-0.05, 0) is 50.4 Å². The maximum atomic E-state index is 11.5. The summed E-state index contributed by atoms with van der Waals surface area (Å²) in [7, 11) is -0.900. The smallest absolute Gasteiger partial charge is 0.150 e. The van der Waals surface area contributed by atoms with Crippen molar-refractivity contribution in [3.8, 4) is 0 Å². The van der Waals surface area contributed by atoms with E-state index in [0.29, 0.717) is 11.7 Å². The molecule has 1 N–H and O–H groups in total. The van der Waals surface area contributed by atoms with E-state index in [2.05, 4.69) is 27.3 Å². The van der Waals surface area contributed by atoms with Gasteiger partial charge >= 0.3 is 0 Å². The number of nitrogens with one attached hydrogen (secondary N) is 1. The molecule has 1 aromatic rings. The molecule has 5 heteroatoms. The fraction of sp³-hybridized carbons (Fsp3) is 0.600. The number of halogens is 1. The minimum atomic E-state index is -2.84. The van der Waals surface area contributed by atoms with Crippen LogP contribution in [0, 0.1) is 5.92 Å². The first kappa shape index (κ1) is 17.7. The molecule has 0 aliphatic heterocycles. The summed E-state index contributed by atoms with van der Waals surface area (Å²) in [6, 6.07) is 8.22. The van der Waals surface area contributed by atoms with Gasteiger partial charge in [-0.1, -0.05) is 41.1 Å². The summed E-state index contributed by atoms with van der Waals surface area (Å²) in [4.78, 5) is 0. The Labute approximate surface area is 131 Å². The molecule has 1 unspecified atom stereocenters. The molecule has 0 aromatic heterocycles. The van der Waals surface area contributed by atoms with E-state index in [1.165, 1.54) is 5.56 Å². The van der Waals surface area contributed by atoms with Crippen LogP contribution in [0.15, 0.2) is 28.7 Å². The molecule has 0 fully saturated rings. The Morgan fingerprint density at radius 3 is 2.60 bits per heavy atom. The van der Waals surface area contributed by atoms with Crippen LogP contribution in [0.1, 0.15) is 25.3 Å². The highest BCUT2D eigenvalue weighted by molar-refractivity contribution is 9.10. The second-order valence-corrected chi connectivity index (χ2v) is 8.42. The Bertz CT molecular complexity index is 502. The van der Waals surface area contributed by atoms with E-state index in [1.54, 1.807) is 6.92 Å².